The summed E-state index contributed by atoms with van der Waals surface area (Å²) in [4.78, 5) is 11.0. The van der Waals surface area contributed by atoms with E-state index in [0.29, 0.717) is 5.75 Å². The van der Waals surface area contributed by atoms with Crippen molar-refractivity contribution in [1.82, 2.24) is 0 Å². The van der Waals surface area contributed by atoms with Crippen molar-refractivity contribution in [3.05, 3.63) is 23.8 Å². The first kappa shape index (κ1) is 17.1. The van der Waals surface area contributed by atoms with E-state index in [9.17, 15) is 18.0 Å². The molecule has 0 aliphatic heterocycles. The summed E-state index contributed by atoms with van der Waals surface area (Å²) in [6, 6.07) is 4.21. The zero-order valence-corrected chi connectivity index (χ0v) is 11.3. The molecule has 5 nitrogen and oxygen atoms in total. The minimum atomic E-state index is -4.36. The maximum Gasteiger partial charge on any atom is 0.411 e. The number of benzene rings is 1. The normalized spacial score (nSPS) is 11.2. The minimum Gasteiger partial charge on any atom is -0.497 e. The van der Waals surface area contributed by atoms with Gasteiger partial charge in [0.15, 0.2) is 0 Å². The summed E-state index contributed by atoms with van der Waals surface area (Å²) in [7, 11) is 1.42. The highest BCUT2D eigenvalue weighted by Gasteiger charge is 2.27. The molecule has 8 heteroatoms. The third kappa shape index (κ3) is 6.35. The van der Waals surface area contributed by atoms with Crippen LogP contribution in [0.2, 0.25) is 0 Å². The second-order valence-corrected chi connectivity index (χ2v) is 4.04. The average Bonchev–Trinajstić information content (AvgIpc) is 2.41. The number of carboxylic acids is 1. The summed E-state index contributed by atoms with van der Waals surface area (Å²) in [6.45, 7) is -1.41. The van der Waals surface area contributed by atoms with Gasteiger partial charge in [0, 0.05) is 12.5 Å². The SMILES string of the molecule is COc1ccc(C(=O)O)c(OCCCOCC(F)(F)F)c1. The van der Waals surface area contributed by atoms with Crippen LogP contribution in [-0.2, 0) is 4.74 Å². The Morgan fingerprint density at radius 1 is 1.29 bits per heavy atom. The molecule has 0 amide bonds. The largest absolute Gasteiger partial charge is 0.497 e. The van der Waals surface area contributed by atoms with Crippen LogP contribution in [0.4, 0.5) is 13.2 Å². The van der Waals surface area contributed by atoms with Gasteiger partial charge < -0.3 is 19.3 Å². The van der Waals surface area contributed by atoms with Crippen LogP contribution in [0.5, 0.6) is 11.5 Å². The van der Waals surface area contributed by atoms with Gasteiger partial charge in [-0.2, -0.15) is 13.2 Å². The van der Waals surface area contributed by atoms with E-state index in [1.54, 1.807) is 0 Å². The van der Waals surface area contributed by atoms with E-state index in [2.05, 4.69) is 4.74 Å². The van der Waals surface area contributed by atoms with Gasteiger partial charge in [0.05, 0.1) is 20.3 Å². The van der Waals surface area contributed by atoms with E-state index in [1.807, 2.05) is 0 Å². The summed E-state index contributed by atoms with van der Waals surface area (Å²) in [5.74, 6) is -0.651. The zero-order chi connectivity index (χ0) is 15.9. The third-order valence-electron chi connectivity index (χ3n) is 2.38. The van der Waals surface area contributed by atoms with E-state index in [0.717, 1.165) is 0 Å². The number of methoxy groups -OCH3 is 1. The first-order valence-electron chi connectivity index (χ1n) is 6.02. The molecule has 0 bridgehead atoms. The molecular weight excluding hydrogens is 293 g/mol. The monoisotopic (exact) mass is 308 g/mol. The third-order valence-corrected chi connectivity index (χ3v) is 2.38. The van der Waals surface area contributed by atoms with E-state index >= 15 is 0 Å². The van der Waals surface area contributed by atoms with Crippen molar-refractivity contribution < 1.29 is 37.3 Å². The van der Waals surface area contributed by atoms with Crippen LogP contribution in [0.15, 0.2) is 18.2 Å². The number of rotatable bonds is 8. The fourth-order valence-corrected chi connectivity index (χ4v) is 1.46. The van der Waals surface area contributed by atoms with E-state index < -0.39 is 18.8 Å². The Labute approximate surface area is 119 Å². The fraction of sp³-hybridized carbons (Fsp3) is 0.462. The number of halogens is 3. The summed E-state index contributed by atoms with van der Waals surface area (Å²) >= 11 is 0. The molecule has 0 aliphatic carbocycles. The molecule has 0 atom stereocenters. The minimum absolute atomic E-state index is 0.0330. The summed E-state index contributed by atoms with van der Waals surface area (Å²) in [5.41, 5.74) is -0.0491. The van der Waals surface area contributed by atoms with Crippen molar-refractivity contribution in [3.63, 3.8) is 0 Å². The first-order chi connectivity index (χ1) is 9.83. The first-order valence-corrected chi connectivity index (χ1v) is 6.02. The second-order valence-electron chi connectivity index (χ2n) is 4.04. The number of hydrogen-bond acceptors (Lipinski definition) is 4. The highest BCUT2D eigenvalue weighted by atomic mass is 19.4. The summed E-state index contributed by atoms with van der Waals surface area (Å²) in [5, 5.41) is 8.99. The molecule has 0 radical (unpaired) electrons. The van der Waals surface area contributed by atoms with Gasteiger partial charge in [-0.25, -0.2) is 4.79 Å². The van der Waals surface area contributed by atoms with E-state index in [1.165, 1.54) is 25.3 Å². The second kappa shape index (κ2) is 7.72. The molecular formula is C13H15F3O5. The quantitative estimate of drug-likeness (QED) is 0.748. The van der Waals surface area contributed by atoms with E-state index in [4.69, 9.17) is 14.6 Å². The lowest BCUT2D eigenvalue weighted by Crippen LogP contribution is -2.18. The van der Waals surface area contributed by atoms with Gasteiger partial charge >= 0.3 is 12.1 Å². The molecule has 1 aromatic rings. The number of aromatic carboxylic acids is 1. The summed E-state index contributed by atoms with van der Waals surface area (Å²) < 4.78 is 50.1. The van der Waals surface area contributed by atoms with Crippen LogP contribution in [0, 0.1) is 0 Å². The molecule has 0 heterocycles. The molecule has 0 saturated carbocycles. The van der Waals surface area contributed by atoms with Gasteiger partial charge in [0.25, 0.3) is 0 Å². The molecule has 1 N–H and O–H groups in total. The zero-order valence-electron chi connectivity index (χ0n) is 11.3. The Morgan fingerprint density at radius 3 is 2.57 bits per heavy atom. The molecule has 0 spiro atoms. The molecule has 0 fully saturated rings. The van der Waals surface area contributed by atoms with Crippen molar-refractivity contribution >= 4 is 5.97 Å². The molecule has 21 heavy (non-hydrogen) atoms. The number of hydrogen-bond donors (Lipinski definition) is 1. The van der Waals surface area contributed by atoms with Crippen LogP contribution in [-0.4, -0.2) is 44.2 Å². The maximum atomic E-state index is 11.8. The highest BCUT2D eigenvalue weighted by Crippen LogP contribution is 2.25. The van der Waals surface area contributed by atoms with Crippen molar-refractivity contribution in [2.45, 2.75) is 12.6 Å². The summed E-state index contributed by atoms with van der Waals surface area (Å²) in [6.07, 6.45) is -4.16. The Kier molecular flexibility index (Phi) is 6.29. The van der Waals surface area contributed by atoms with Gasteiger partial charge in [-0.3, -0.25) is 0 Å². The molecule has 0 aliphatic rings. The van der Waals surface area contributed by atoms with Crippen LogP contribution >= 0.6 is 0 Å². The maximum absolute atomic E-state index is 11.8. The lowest BCUT2D eigenvalue weighted by Gasteiger charge is -2.11. The predicted molar refractivity (Wildman–Crippen MR) is 66.9 cm³/mol. The standard InChI is InChI=1S/C13H15F3O5/c1-19-9-3-4-10(12(17)18)11(7-9)21-6-2-5-20-8-13(14,15)16/h3-4,7H,2,5-6,8H2,1H3,(H,17,18). The Morgan fingerprint density at radius 2 is 2.00 bits per heavy atom. The van der Waals surface area contributed by atoms with Gasteiger partial charge in [0.1, 0.15) is 23.7 Å². The molecule has 0 saturated heterocycles. The number of carboxylic acid groups (broad SMARTS) is 1. The molecule has 0 aromatic heterocycles. The fourth-order valence-electron chi connectivity index (χ4n) is 1.46. The number of ether oxygens (including phenoxy) is 3. The van der Waals surface area contributed by atoms with E-state index in [-0.39, 0.29) is 30.9 Å². The Balaban J connectivity index is 2.45. The molecule has 1 rings (SSSR count). The smallest absolute Gasteiger partial charge is 0.411 e. The van der Waals surface area contributed by atoms with Gasteiger partial charge in [-0.1, -0.05) is 0 Å². The van der Waals surface area contributed by atoms with Gasteiger partial charge in [-0.15, -0.1) is 0 Å². The van der Waals surface area contributed by atoms with Gasteiger partial charge in [-0.05, 0) is 12.1 Å². The van der Waals surface area contributed by atoms with Crippen LogP contribution in [0.3, 0.4) is 0 Å². The topological polar surface area (TPSA) is 65.0 Å². The molecule has 0 unspecified atom stereocenters. The average molecular weight is 308 g/mol. The van der Waals surface area contributed by atoms with Gasteiger partial charge in [0.2, 0.25) is 0 Å². The lowest BCUT2D eigenvalue weighted by molar-refractivity contribution is -0.174. The number of carbonyl (C=O) groups is 1. The van der Waals surface area contributed by atoms with Crippen molar-refractivity contribution in [2.75, 3.05) is 26.9 Å². The van der Waals surface area contributed by atoms with Crippen molar-refractivity contribution in [2.24, 2.45) is 0 Å². The number of alkyl halides is 3. The Hall–Kier alpha value is -1.96. The van der Waals surface area contributed by atoms with Crippen molar-refractivity contribution in [3.8, 4) is 11.5 Å². The molecule has 118 valence electrons. The lowest BCUT2D eigenvalue weighted by atomic mass is 10.2. The molecule has 1 aromatic carbocycles. The van der Waals surface area contributed by atoms with Crippen molar-refractivity contribution in [1.29, 1.82) is 0 Å². The van der Waals surface area contributed by atoms with Crippen LogP contribution in [0.1, 0.15) is 16.8 Å². The highest BCUT2D eigenvalue weighted by molar-refractivity contribution is 5.91. The predicted octanol–water partition coefficient (Wildman–Crippen LogP) is 2.74. The van der Waals surface area contributed by atoms with Crippen LogP contribution in [0.25, 0.3) is 0 Å². The Bertz CT molecular complexity index is 473. The van der Waals surface area contributed by atoms with Crippen LogP contribution < -0.4 is 9.47 Å².